The minimum Gasteiger partial charge on any atom is -0.350 e. The van der Waals surface area contributed by atoms with Crippen molar-refractivity contribution in [3.8, 4) is 11.4 Å². The molecule has 0 radical (unpaired) electrons. The van der Waals surface area contributed by atoms with Gasteiger partial charge in [-0.2, -0.15) is 0 Å². The van der Waals surface area contributed by atoms with E-state index in [-0.39, 0.29) is 30.7 Å². The fourth-order valence-electron chi connectivity index (χ4n) is 2.96. The Hall–Kier alpha value is -2.45. The number of rotatable bonds is 6. The fraction of sp³-hybridized carbons (Fsp3) is 0.263. The molecule has 1 saturated carbocycles. The number of carbonyl (C=O) groups excluding carboxylic acids is 1. The highest BCUT2D eigenvalue weighted by Gasteiger charge is 2.30. The summed E-state index contributed by atoms with van der Waals surface area (Å²) in [5, 5.41) is 7.65. The van der Waals surface area contributed by atoms with Gasteiger partial charge >= 0.3 is 5.69 Å². The summed E-state index contributed by atoms with van der Waals surface area (Å²) < 4.78 is 3.88. The van der Waals surface area contributed by atoms with E-state index in [1.807, 2.05) is 12.1 Å². The molecule has 7 nitrogen and oxygen atoms in total. The maximum Gasteiger partial charge on any atom is 0.346 e. The molecular weight excluding hydrogens is 446 g/mol. The fourth-order valence-corrected chi connectivity index (χ4v) is 3.53. The molecule has 1 aromatic carbocycles. The van der Waals surface area contributed by atoms with Crippen LogP contribution < -0.4 is 11.0 Å². The van der Waals surface area contributed by atoms with E-state index in [1.54, 1.807) is 35.2 Å². The highest BCUT2D eigenvalue weighted by atomic mass is 79.9. The van der Waals surface area contributed by atoms with Crippen molar-refractivity contribution in [2.45, 2.75) is 25.4 Å². The van der Waals surface area contributed by atoms with Crippen molar-refractivity contribution in [3.63, 3.8) is 0 Å². The van der Waals surface area contributed by atoms with E-state index < -0.39 is 0 Å². The number of amides is 1. The van der Waals surface area contributed by atoms with Crippen molar-refractivity contribution in [1.82, 2.24) is 24.6 Å². The van der Waals surface area contributed by atoms with Crippen LogP contribution in [0.4, 0.5) is 0 Å². The number of benzene rings is 1. The van der Waals surface area contributed by atoms with Gasteiger partial charge in [0.2, 0.25) is 0 Å². The number of hydrogen-bond acceptors (Lipinski definition) is 4. The zero-order valence-electron chi connectivity index (χ0n) is 14.8. The number of hydrogen-bond donors (Lipinski definition) is 1. The molecule has 0 bridgehead atoms. The Morgan fingerprint density at radius 3 is 2.86 bits per heavy atom. The molecule has 1 aliphatic carbocycles. The normalized spacial score (nSPS) is 13.5. The number of nitrogens with zero attached hydrogens (tertiary/aromatic N) is 4. The first-order chi connectivity index (χ1) is 13.5. The quantitative estimate of drug-likeness (QED) is 0.609. The van der Waals surface area contributed by atoms with Crippen LogP contribution in [-0.2, 0) is 6.54 Å². The van der Waals surface area contributed by atoms with Crippen molar-refractivity contribution >= 4 is 33.4 Å². The lowest BCUT2D eigenvalue weighted by Crippen LogP contribution is -2.32. The molecule has 1 N–H and O–H groups in total. The van der Waals surface area contributed by atoms with Gasteiger partial charge in [-0.1, -0.05) is 27.5 Å². The lowest BCUT2D eigenvalue weighted by Gasteiger charge is -2.07. The summed E-state index contributed by atoms with van der Waals surface area (Å²) in [6.07, 6.45) is 5.32. The number of nitrogens with one attached hydrogen (secondary N) is 1. The summed E-state index contributed by atoms with van der Waals surface area (Å²) in [5.41, 5.74) is 1.01. The van der Waals surface area contributed by atoms with Crippen LogP contribution in [0.25, 0.3) is 11.4 Å². The summed E-state index contributed by atoms with van der Waals surface area (Å²) in [4.78, 5) is 29.3. The van der Waals surface area contributed by atoms with Gasteiger partial charge in [0.25, 0.3) is 5.91 Å². The van der Waals surface area contributed by atoms with E-state index in [1.165, 1.54) is 4.68 Å². The second-order valence-corrected chi connectivity index (χ2v) is 7.88. The van der Waals surface area contributed by atoms with Gasteiger partial charge in [-0.05, 0) is 43.2 Å². The first-order valence-corrected chi connectivity index (χ1v) is 10.0. The molecule has 28 heavy (non-hydrogen) atoms. The molecule has 1 fully saturated rings. The lowest BCUT2D eigenvalue weighted by atomic mass is 10.2. The Balaban J connectivity index is 1.50. The van der Waals surface area contributed by atoms with Crippen LogP contribution in [-0.4, -0.2) is 31.8 Å². The summed E-state index contributed by atoms with van der Waals surface area (Å²) in [6, 6.07) is 8.97. The van der Waals surface area contributed by atoms with Crippen molar-refractivity contribution < 1.29 is 4.79 Å². The maximum absolute atomic E-state index is 12.8. The molecule has 144 valence electrons. The Kier molecular flexibility index (Phi) is 5.32. The minimum atomic E-state index is -0.298. The zero-order valence-corrected chi connectivity index (χ0v) is 17.2. The first-order valence-electron chi connectivity index (χ1n) is 8.87. The second-order valence-electron chi connectivity index (χ2n) is 6.55. The molecule has 2 aromatic heterocycles. The van der Waals surface area contributed by atoms with Gasteiger partial charge in [0.15, 0.2) is 5.82 Å². The third-order valence-corrected chi connectivity index (χ3v) is 5.31. The van der Waals surface area contributed by atoms with Crippen LogP contribution in [0.1, 0.15) is 29.2 Å². The average molecular weight is 463 g/mol. The molecule has 0 aliphatic heterocycles. The van der Waals surface area contributed by atoms with E-state index in [9.17, 15) is 9.59 Å². The third kappa shape index (κ3) is 3.88. The zero-order chi connectivity index (χ0) is 19.7. The van der Waals surface area contributed by atoms with Crippen LogP contribution in [0.3, 0.4) is 0 Å². The van der Waals surface area contributed by atoms with Gasteiger partial charge in [0.1, 0.15) is 0 Å². The molecule has 0 unspecified atom stereocenters. The molecule has 1 amide bonds. The standard InChI is InChI=1S/C19H17BrClN5O2/c20-13-3-6-16(21)15(10-13)18(27)23-8-9-25-19(28)26(14-4-5-14)17(24-25)12-2-1-7-22-11-12/h1-3,6-7,10-11,14H,4-5,8-9H2,(H,23,27). The molecule has 2 heterocycles. The van der Waals surface area contributed by atoms with E-state index >= 15 is 0 Å². The molecule has 3 aromatic rings. The van der Waals surface area contributed by atoms with Crippen molar-refractivity contribution in [1.29, 1.82) is 0 Å². The Labute approximate surface area is 174 Å². The van der Waals surface area contributed by atoms with Gasteiger partial charge in [0.05, 0.1) is 17.1 Å². The molecule has 4 rings (SSSR count). The second kappa shape index (κ2) is 7.89. The van der Waals surface area contributed by atoms with Crippen LogP contribution in [0.15, 0.2) is 52.0 Å². The largest absolute Gasteiger partial charge is 0.350 e. The van der Waals surface area contributed by atoms with E-state index in [0.29, 0.717) is 16.4 Å². The van der Waals surface area contributed by atoms with Crippen LogP contribution in [0.5, 0.6) is 0 Å². The van der Waals surface area contributed by atoms with E-state index in [2.05, 4.69) is 31.3 Å². The van der Waals surface area contributed by atoms with E-state index in [4.69, 9.17) is 11.6 Å². The predicted molar refractivity (Wildman–Crippen MR) is 109 cm³/mol. The highest BCUT2D eigenvalue weighted by molar-refractivity contribution is 9.10. The first kappa shape index (κ1) is 18.9. The average Bonchev–Trinajstić information content (AvgIpc) is 3.48. The lowest BCUT2D eigenvalue weighted by molar-refractivity contribution is 0.0952. The molecule has 9 heteroatoms. The SMILES string of the molecule is O=C(NCCn1nc(-c2cccnc2)n(C2CC2)c1=O)c1cc(Br)ccc1Cl. The smallest absolute Gasteiger partial charge is 0.346 e. The number of carbonyl (C=O) groups is 1. The number of aromatic nitrogens is 4. The summed E-state index contributed by atoms with van der Waals surface area (Å²) in [6.45, 7) is 0.527. The third-order valence-electron chi connectivity index (χ3n) is 4.48. The van der Waals surface area contributed by atoms with Crippen molar-refractivity contribution in [3.05, 3.63) is 68.3 Å². The molecule has 0 saturated heterocycles. The Morgan fingerprint density at radius 1 is 1.32 bits per heavy atom. The summed E-state index contributed by atoms with van der Waals surface area (Å²) in [7, 11) is 0. The molecule has 0 atom stereocenters. The number of halogens is 2. The molecular formula is C19H17BrClN5O2. The predicted octanol–water partition coefficient (Wildman–Crippen LogP) is 3.29. The Bertz CT molecular complexity index is 1080. The summed E-state index contributed by atoms with van der Waals surface area (Å²) >= 11 is 9.42. The Morgan fingerprint density at radius 2 is 2.14 bits per heavy atom. The van der Waals surface area contributed by atoms with Gasteiger partial charge in [-0.15, -0.1) is 5.10 Å². The van der Waals surface area contributed by atoms with Gasteiger partial charge in [0, 0.05) is 35.0 Å². The highest BCUT2D eigenvalue weighted by Crippen LogP contribution is 2.36. The summed E-state index contributed by atoms with van der Waals surface area (Å²) in [5.74, 6) is 0.315. The topological polar surface area (TPSA) is 81.8 Å². The van der Waals surface area contributed by atoms with Gasteiger partial charge < -0.3 is 5.32 Å². The van der Waals surface area contributed by atoms with Crippen LogP contribution in [0.2, 0.25) is 5.02 Å². The molecule has 1 aliphatic rings. The minimum absolute atomic E-state index is 0.170. The van der Waals surface area contributed by atoms with Gasteiger partial charge in [-0.3, -0.25) is 14.3 Å². The van der Waals surface area contributed by atoms with Gasteiger partial charge in [-0.25, -0.2) is 9.48 Å². The maximum atomic E-state index is 12.8. The molecule has 0 spiro atoms. The number of pyridine rings is 1. The van der Waals surface area contributed by atoms with Crippen molar-refractivity contribution in [2.75, 3.05) is 6.54 Å². The van der Waals surface area contributed by atoms with Crippen LogP contribution >= 0.6 is 27.5 Å². The van der Waals surface area contributed by atoms with Crippen LogP contribution in [0, 0.1) is 0 Å². The monoisotopic (exact) mass is 461 g/mol. The van der Waals surface area contributed by atoms with E-state index in [0.717, 1.165) is 22.9 Å². The van der Waals surface area contributed by atoms with Crippen molar-refractivity contribution in [2.24, 2.45) is 0 Å².